The molecule has 0 fully saturated rings. The zero-order valence-electron chi connectivity index (χ0n) is 11.3. The van der Waals surface area contributed by atoms with Crippen molar-refractivity contribution >= 4 is 15.7 Å². The number of nitrogens with one attached hydrogen (secondary N) is 3. The van der Waals surface area contributed by atoms with E-state index in [0.29, 0.717) is 11.5 Å². The molecule has 1 aliphatic heterocycles. The molecule has 0 radical (unpaired) electrons. The maximum absolute atomic E-state index is 12.3. The van der Waals surface area contributed by atoms with Gasteiger partial charge < -0.3 is 14.5 Å². The molecule has 2 aromatic rings. The van der Waals surface area contributed by atoms with Crippen molar-refractivity contribution < 1.29 is 17.9 Å². The van der Waals surface area contributed by atoms with E-state index in [0.717, 1.165) is 0 Å². The van der Waals surface area contributed by atoms with Crippen LogP contribution in [-0.4, -0.2) is 25.2 Å². The van der Waals surface area contributed by atoms with Crippen LogP contribution in [0, 0.1) is 6.92 Å². The van der Waals surface area contributed by atoms with Crippen LogP contribution in [0.3, 0.4) is 0 Å². The first-order valence-electron chi connectivity index (χ1n) is 6.12. The predicted octanol–water partition coefficient (Wildman–Crippen LogP) is -0.0989. The van der Waals surface area contributed by atoms with Gasteiger partial charge in [0.2, 0.25) is 6.79 Å². The highest BCUT2D eigenvalue weighted by Crippen LogP contribution is 2.34. The molecule has 0 bridgehead atoms. The predicted molar refractivity (Wildman–Crippen MR) is 75.8 cm³/mol. The Hall–Kier alpha value is -2.75. The lowest BCUT2D eigenvalue weighted by Crippen LogP contribution is -2.31. The van der Waals surface area contributed by atoms with Crippen molar-refractivity contribution in [2.45, 2.75) is 11.8 Å². The zero-order valence-corrected chi connectivity index (χ0v) is 12.1. The Morgan fingerprint density at radius 3 is 2.59 bits per heavy atom. The molecule has 10 heteroatoms. The lowest BCUT2D eigenvalue weighted by Gasteiger charge is -2.09. The molecule has 0 atom stereocenters. The zero-order chi connectivity index (χ0) is 15.9. The number of hydrogen-bond donors (Lipinski definition) is 3. The Balaban J connectivity index is 2.01. The number of benzene rings is 1. The minimum atomic E-state index is -4.17. The molecule has 0 saturated carbocycles. The fraction of sp³-hybridized carbons (Fsp3) is 0.167. The molecule has 0 saturated heterocycles. The van der Waals surface area contributed by atoms with E-state index in [1.165, 1.54) is 19.1 Å². The smallest absolute Gasteiger partial charge is 0.325 e. The maximum Gasteiger partial charge on any atom is 0.325 e. The van der Waals surface area contributed by atoms with E-state index in [-0.39, 0.29) is 18.2 Å². The first kappa shape index (κ1) is 14.2. The van der Waals surface area contributed by atoms with Crippen LogP contribution in [0.5, 0.6) is 11.5 Å². The summed E-state index contributed by atoms with van der Waals surface area (Å²) < 4.78 is 37.2. The van der Waals surface area contributed by atoms with Crippen LogP contribution in [0.15, 0.2) is 32.7 Å². The molecule has 116 valence electrons. The number of aromatic nitrogens is 2. The summed E-state index contributed by atoms with van der Waals surface area (Å²) >= 11 is 0. The lowest BCUT2D eigenvalue weighted by atomic mass is 10.3. The summed E-state index contributed by atoms with van der Waals surface area (Å²) in [5, 5.41) is 0. The maximum atomic E-state index is 12.3. The lowest BCUT2D eigenvalue weighted by molar-refractivity contribution is 0.174. The number of sulfonamides is 1. The van der Waals surface area contributed by atoms with Gasteiger partial charge in [0.1, 0.15) is 0 Å². The number of aromatic amines is 2. The molecule has 3 rings (SSSR count). The summed E-state index contributed by atoms with van der Waals surface area (Å²) in [5.41, 5.74) is -1.62. The van der Waals surface area contributed by atoms with Crippen molar-refractivity contribution in [3.8, 4) is 11.5 Å². The Kier molecular flexibility index (Phi) is 3.17. The molecule has 0 unspecified atom stereocenters. The first-order valence-corrected chi connectivity index (χ1v) is 7.61. The van der Waals surface area contributed by atoms with Crippen LogP contribution in [0.1, 0.15) is 5.69 Å². The second-order valence-electron chi connectivity index (χ2n) is 4.54. The van der Waals surface area contributed by atoms with E-state index >= 15 is 0 Å². The molecule has 0 spiro atoms. The molecule has 0 aliphatic carbocycles. The van der Waals surface area contributed by atoms with Gasteiger partial charge in [-0.2, -0.15) is 0 Å². The summed E-state index contributed by atoms with van der Waals surface area (Å²) in [6.45, 7) is 1.38. The Morgan fingerprint density at radius 2 is 1.86 bits per heavy atom. The van der Waals surface area contributed by atoms with E-state index in [4.69, 9.17) is 9.47 Å². The average Bonchev–Trinajstić information content (AvgIpc) is 2.83. The molecule has 3 N–H and O–H groups in total. The van der Waals surface area contributed by atoms with E-state index < -0.39 is 26.2 Å². The molecule has 1 aliphatic rings. The average molecular weight is 325 g/mol. The molecule has 1 aromatic carbocycles. The third-order valence-electron chi connectivity index (χ3n) is 2.97. The van der Waals surface area contributed by atoms with Gasteiger partial charge in [-0.1, -0.05) is 0 Å². The number of rotatable bonds is 3. The van der Waals surface area contributed by atoms with Crippen molar-refractivity contribution in [1.29, 1.82) is 0 Å². The summed E-state index contributed by atoms with van der Waals surface area (Å²) in [6, 6.07) is 4.46. The van der Waals surface area contributed by atoms with Gasteiger partial charge in [0.15, 0.2) is 16.4 Å². The molecule has 22 heavy (non-hydrogen) atoms. The largest absolute Gasteiger partial charge is 0.454 e. The van der Waals surface area contributed by atoms with Crippen LogP contribution in [-0.2, 0) is 10.0 Å². The number of fused-ring (bicyclic) bond motifs is 1. The molecule has 9 nitrogen and oxygen atoms in total. The number of H-pyrrole nitrogens is 2. The van der Waals surface area contributed by atoms with Crippen LogP contribution < -0.4 is 25.4 Å². The summed E-state index contributed by atoms with van der Waals surface area (Å²) in [6.07, 6.45) is 0. The highest BCUT2D eigenvalue weighted by atomic mass is 32.2. The van der Waals surface area contributed by atoms with Gasteiger partial charge in [-0.25, -0.2) is 13.2 Å². The second-order valence-corrected chi connectivity index (χ2v) is 6.16. The van der Waals surface area contributed by atoms with Crippen molar-refractivity contribution in [2.24, 2.45) is 0 Å². The Bertz CT molecular complexity index is 960. The number of anilines is 1. The summed E-state index contributed by atoms with van der Waals surface area (Å²) in [5.74, 6) is 0.897. The monoisotopic (exact) mass is 325 g/mol. The molecule has 1 aromatic heterocycles. The van der Waals surface area contributed by atoms with Gasteiger partial charge in [0, 0.05) is 11.8 Å². The molecular weight excluding hydrogens is 314 g/mol. The minimum absolute atomic E-state index is 0.0537. The van der Waals surface area contributed by atoms with Crippen LogP contribution in [0.25, 0.3) is 0 Å². The van der Waals surface area contributed by atoms with E-state index in [2.05, 4.69) is 9.71 Å². The summed E-state index contributed by atoms with van der Waals surface area (Å²) in [4.78, 5) is 26.4. The van der Waals surface area contributed by atoms with Crippen molar-refractivity contribution in [3.63, 3.8) is 0 Å². The first-order chi connectivity index (χ1) is 10.4. The number of aryl methyl sites for hydroxylation is 1. The SMILES string of the molecule is Cc1[nH]c(=O)[nH]c(=O)c1S(=O)(=O)Nc1ccc2c(c1)OCO2. The van der Waals surface area contributed by atoms with Crippen LogP contribution in [0.4, 0.5) is 5.69 Å². The minimum Gasteiger partial charge on any atom is -0.454 e. The van der Waals surface area contributed by atoms with E-state index in [1.54, 1.807) is 6.07 Å². The Labute approximate surface area is 124 Å². The van der Waals surface area contributed by atoms with Crippen LogP contribution >= 0.6 is 0 Å². The number of ether oxygens (including phenoxy) is 2. The molecule has 0 amide bonds. The van der Waals surface area contributed by atoms with E-state index in [1.807, 2.05) is 4.98 Å². The van der Waals surface area contributed by atoms with E-state index in [9.17, 15) is 18.0 Å². The summed E-state index contributed by atoms with van der Waals surface area (Å²) in [7, 11) is -4.17. The van der Waals surface area contributed by atoms with Gasteiger partial charge in [-0.3, -0.25) is 14.5 Å². The molecule has 2 heterocycles. The van der Waals surface area contributed by atoms with Gasteiger partial charge in [0.25, 0.3) is 15.6 Å². The quantitative estimate of drug-likeness (QED) is 0.722. The fourth-order valence-corrected chi connectivity index (χ4v) is 3.37. The highest BCUT2D eigenvalue weighted by Gasteiger charge is 2.23. The van der Waals surface area contributed by atoms with Crippen molar-refractivity contribution in [2.75, 3.05) is 11.5 Å². The Morgan fingerprint density at radius 1 is 1.14 bits per heavy atom. The van der Waals surface area contributed by atoms with Crippen LogP contribution in [0.2, 0.25) is 0 Å². The fourth-order valence-electron chi connectivity index (χ4n) is 2.08. The normalized spacial score (nSPS) is 13.1. The van der Waals surface area contributed by atoms with Gasteiger partial charge >= 0.3 is 5.69 Å². The van der Waals surface area contributed by atoms with Gasteiger partial charge in [-0.15, -0.1) is 0 Å². The second kappa shape index (κ2) is 4.91. The topological polar surface area (TPSA) is 130 Å². The van der Waals surface area contributed by atoms with Gasteiger partial charge in [-0.05, 0) is 19.1 Å². The third-order valence-corrected chi connectivity index (χ3v) is 4.50. The standard InChI is InChI=1S/C12H11N3O6S/c1-6-10(11(16)14-12(17)13-6)22(18,19)15-7-2-3-8-9(4-7)21-5-20-8/h2-4,15H,5H2,1H3,(H2,13,14,16,17). The van der Waals surface area contributed by atoms with Crippen molar-refractivity contribution in [1.82, 2.24) is 9.97 Å². The van der Waals surface area contributed by atoms with Crippen molar-refractivity contribution in [3.05, 3.63) is 44.7 Å². The van der Waals surface area contributed by atoms with Gasteiger partial charge in [0.05, 0.1) is 5.69 Å². The number of hydrogen-bond acceptors (Lipinski definition) is 6. The third kappa shape index (κ3) is 2.44. The molecular formula is C12H11N3O6S. The highest BCUT2D eigenvalue weighted by molar-refractivity contribution is 7.92.